The number of nitrogens with zero attached hydrogens (tertiary/aromatic N) is 2. The van der Waals surface area contributed by atoms with Crippen LogP contribution in [-0.2, 0) is 20.8 Å². The Kier molecular flexibility index (Phi) is 7.25. The Morgan fingerprint density at radius 1 is 1.26 bits per heavy atom. The first-order valence-electron chi connectivity index (χ1n) is 10.7. The maximum absolute atomic E-state index is 13.5. The summed E-state index contributed by atoms with van der Waals surface area (Å²) >= 11 is 0. The van der Waals surface area contributed by atoms with Gasteiger partial charge in [-0.25, -0.2) is 22.0 Å². The van der Waals surface area contributed by atoms with Gasteiger partial charge in [-0.05, 0) is 50.3 Å². The predicted molar refractivity (Wildman–Crippen MR) is 113 cm³/mol. The Labute approximate surface area is 198 Å². The van der Waals surface area contributed by atoms with Crippen molar-refractivity contribution in [1.29, 1.82) is 5.26 Å². The molecule has 14 heteroatoms. The predicted octanol–water partition coefficient (Wildman–Crippen LogP) is 3.81. The lowest BCUT2D eigenvalue weighted by Crippen LogP contribution is -2.56. The number of nitriles is 1. The van der Waals surface area contributed by atoms with E-state index in [9.17, 15) is 35.2 Å². The zero-order valence-electron chi connectivity index (χ0n) is 18.6. The summed E-state index contributed by atoms with van der Waals surface area (Å²) < 4.78 is 97.0. The molecule has 3 fully saturated rings. The van der Waals surface area contributed by atoms with E-state index in [1.807, 2.05) is 6.07 Å². The highest BCUT2D eigenvalue weighted by molar-refractivity contribution is 7.92. The van der Waals surface area contributed by atoms with Crippen LogP contribution in [0.4, 0.5) is 32.4 Å². The highest BCUT2D eigenvalue weighted by Crippen LogP contribution is 2.42. The van der Waals surface area contributed by atoms with Gasteiger partial charge in [-0.1, -0.05) is 0 Å². The molecule has 1 aromatic rings. The number of carboxylic acid groups (broad SMARTS) is 1. The van der Waals surface area contributed by atoms with Gasteiger partial charge >= 0.3 is 12.3 Å². The van der Waals surface area contributed by atoms with E-state index in [1.165, 1.54) is 7.11 Å². The minimum absolute atomic E-state index is 0.0663. The summed E-state index contributed by atoms with van der Waals surface area (Å²) in [5, 5.41) is 17.7. The monoisotopic (exact) mass is 525 g/mol. The zero-order chi connectivity index (χ0) is 26.2. The van der Waals surface area contributed by atoms with Crippen molar-refractivity contribution in [3.8, 4) is 6.07 Å². The molecule has 2 aliphatic carbocycles. The fourth-order valence-electron chi connectivity index (χ4n) is 4.05. The quantitative estimate of drug-likeness (QED) is 0.561. The fourth-order valence-corrected chi connectivity index (χ4v) is 6.06. The summed E-state index contributed by atoms with van der Waals surface area (Å²) in [5.41, 5.74) is -2.11. The molecule has 0 radical (unpaired) electrons. The number of amides is 1. The Balaban J connectivity index is 0.000000320. The van der Waals surface area contributed by atoms with Crippen molar-refractivity contribution in [2.24, 2.45) is 0 Å². The summed E-state index contributed by atoms with van der Waals surface area (Å²) in [6, 6.07) is 4.57. The van der Waals surface area contributed by atoms with Crippen LogP contribution in [0.15, 0.2) is 23.1 Å². The first-order valence-corrected chi connectivity index (χ1v) is 12.2. The number of rotatable bonds is 5. The Morgan fingerprint density at radius 2 is 1.89 bits per heavy atom. The molecule has 0 aromatic heterocycles. The van der Waals surface area contributed by atoms with Gasteiger partial charge in [-0.3, -0.25) is 0 Å². The SMILES string of the molecule is CO[C@@H]1CC[C@@H](S(=O)(=O)c2ccc(N3CC(F)(F)C3)cc2C(F)(F)F)C1.N#CC1(NC(=O)O)CC1. The van der Waals surface area contributed by atoms with Gasteiger partial charge in [0.1, 0.15) is 5.54 Å². The van der Waals surface area contributed by atoms with E-state index >= 15 is 0 Å². The average molecular weight is 525 g/mol. The van der Waals surface area contributed by atoms with Gasteiger partial charge in [0.15, 0.2) is 9.84 Å². The largest absolute Gasteiger partial charge is 0.465 e. The molecule has 4 rings (SSSR count). The Morgan fingerprint density at radius 3 is 2.29 bits per heavy atom. The normalized spacial score (nSPS) is 24.4. The molecule has 3 aliphatic rings. The van der Waals surface area contributed by atoms with Crippen LogP contribution in [0, 0.1) is 11.3 Å². The molecule has 2 N–H and O–H groups in total. The number of anilines is 1. The van der Waals surface area contributed by atoms with Gasteiger partial charge in [-0.2, -0.15) is 18.4 Å². The first-order chi connectivity index (χ1) is 16.1. The lowest BCUT2D eigenvalue weighted by atomic mass is 10.1. The van der Waals surface area contributed by atoms with Crippen LogP contribution < -0.4 is 10.2 Å². The lowest BCUT2D eigenvalue weighted by Gasteiger charge is -2.40. The number of alkyl halides is 5. The van der Waals surface area contributed by atoms with Crippen molar-refractivity contribution in [2.45, 2.75) is 66.0 Å². The molecule has 1 aliphatic heterocycles. The Hall–Kier alpha value is -2.66. The third-order valence-electron chi connectivity index (χ3n) is 6.20. The van der Waals surface area contributed by atoms with Gasteiger partial charge < -0.3 is 20.1 Å². The number of hydrogen-bond acceptors (Lipinski definition) is 6. The van der Waals surface area contributed by atoms with Crippen LogP contribution in [0.5, 0.6) is 0 Å². The van der Waals surface area contributed by atoms with Gasteiger partial charge in [0, 0.05) is 12.8 Å². The maximum Gasteiger partial charge on any atom is 0.417 e. The number of sulfone groups is 1. The van der Waals surface area contributed by atoms with E-state index in [0.29, 0.717) is 25.3 Å². The van der Waals surface area contributed by atoms with E-state index in [4.69, 9.17) is 15.1 Å². The number of ether oxygens (including phenoxy) is 1. The van der Waals surface area contributed by atoms with Gasteiger partial charge in [0.25, 0.3) is 5.92 Å². The lowest BCUT2D eigenvalue weighted by molar-refractivity contribution is -0.139. The second kappa shape index (κ2) is 9.42. The van der Waals surface area contributed by atoms with Crippen molar-refractivity contribution in [1.82, 2.24) is 5.32 Å². The smallest absolute Gasteiger partial charge is 0.417 e. The van der Waals surface area contributed by atoms with Crippen molar-refractivity contribution in [3.63, 3.8) is 0 Å². The standard InChI is InChI=1S/C16H18F5NO3S.C5H6N2O2/c1-25-11-3-4-12(7-11)26(23,24)14-5-2-10(6-13(14)16(19,20)21)22-8-15(17,18)9-22;6-3-5(1-2-5)7-4(8)9/h2,5-6,11-12H,3-4,7-9H2,1H3;7H,1-2H2,(H,8,9)/t11-,12-;/m1./s1. The number of hydrogen-bond donors (Lipinski definition) is 2. The van der Waals surface area contributed by atoms with E-state index in [2.05, 4.69) is 5.32 Å². The molecule has 0 unspecified atom stereocenters. The molecule has 8 nitrogen and oxygen atoms in total. The van der Waals surface area contributed by atoms with Crippen LogP contribution in [0.2, 0.25) is 0 Å². The summed E-state index contributed by atoms with van der Waals surface area (Å²) in [5.74, 6) is -2.94. The van der Waals surface area contributed by atoms with Crippen LogP contribution in [0.25, 0.3) is 0 Å². The second-order valence-corrected chi connectivity index (χ2v) is 11.0. The molecule has 194 valence electrons. The van der Waals surface area contributed by atoms with Crippen molar-refractivity contribution < 1.29 is 45.0 Å². The molecule has 2 atom stereocenters. The van der Waals surface area contributed by atoms with E-state index in [1.54, 1.807) is 0 Å². The molecule has 0 spiro atoms. The van der Waals surface area contributed by atoms with Crippen LogP contribution in [0.3, 0.4) is 0 Å². The van der Waals surface area contributed by atoms with E-state index in [0.717, 1.165) is 17.0 Å². The summed E-state index contributed by atoms with van der Waals surface area (Å²) in [7, 11) is -2.79. The summed E-state index contributed by atoms with van der Waals surface area (Å²) in [6.07, 6.45) is -4.21. The minimum atomic E-state index is -4.91. The Bertz CT molecular complexity index is 1110. The molecule has 1 aromatic carbocycles. The molecule has 1 heterocycles. The summed E-state index contributed by atoms with van der Waals surface area (Å²) in [6.45, 7) is -1.37. The number of halogens is 5. The number of methoxy groups -OCH3 is 1. The van der Waals surface area contributed by atoms with Crippen molar-refractivity contribution >= 4 is 21.6 Å². The van der Waals surface area contributed by atoms with Gasteiger partial charge in [0.2, 0.25) is 0 Å². The van der Waals surface area contributed by atoms with Gasteiger partial charge in [0.05, 0.1) is 41.0 Å². The highest BCUT2D eigenvalue weighted by Gasteiger charge is 2.46. The molecule has 2 saturated carbocycles. The molecular formula is C21H24F5N3O5S. The van der Waals surface area contributed by atoms with E-state index < -0.39 is 62.4 Å². The highest BCUT2D eigenvalue weighted by atomic mass is 32.2. The third-order valence-corrected chi connectivity index (χ3v) is 8.48. The number of nitrogens with one attached hydrogen (secondary N) is 1. The third kappa shape index (κ3) is 6.13. The van der Waals surface area contributed by atoms with E-state index in [-0.39, 0.29) is 24.6 Å². The summed E-state index contributed by atoms with van der Waals surface area (Å²) in [4.78, 5) is 10.2. The molecule has 1 amide bonds. The van der Waals surface area contributed by atoms with Crippen LogP contribution >= 0.6 is 0 Å². The average Bonchev–Trinajstić information content (AvgIpc) is 3.33. The van der Waals surface area contributed by atoms with Crippen LogP contribution in [0.1, 0.15) is 37.7 Å². The van der Waals surface area contributed by atoms with Crippen molar-refractivity contribution in [2.75, 3.05) is 25.1 Å². The molecular weight excluding hydrogens is 501 g/mol. The number of carbonyl (C=O) groups is 1. The minimum Gasteiger partial charge on any atom is -0.465 e. The first kappa shape index (κ1) is 26.9. The molecule has 0 bridgehead atoms. The van der Waals surface area contributed by atoms with Gasteiger partial charge in [-0.15, -0.1) is 0 Å². The second-order valence-electron chi connectivity index (χ2n) is 8.85. The maximum atomic E-state index is 13.5. The number of benzene rings is 1. The van der Waals surface area contributed by atoms with Crippen molar-refractivity contribution in [3.05, 3.63) is 23.8 Å². The molecule has 1 saturated heterocycles. The zero-order valence-corrected chi connectivity index (χ0v) is 19.4. The van der Waals surface area contributed by atoms with Crippen LogP contribution in [-0.4, -0.2) is 62.6 Å². The topological polar surface area (TPSA) is 120 Å². The fraction of sp³-hybridized carbons (Fsp3) is 0.619. The molecule has 35 heavy (non-hydrogen) atoms.